The third kappa shape index (κ3) is 3.84. The molecule has 3 rings (SSSR count). The summed E-state index contributed by atoms with van der Waals surface area (Å²) in [7, 11) is 0. The van der Waals surface area contributed by atoms with Crippen LogP contribution >= 0.6 is 0 Å². The van der Waals surface area contributed by atoms with E-state index in [-0.39, 0.29) is 6.10 Å². The van der Waals surface area contributed by atoms with Crippen LogP contribution in [0.4, 0.5) is 0 Å². The first kappa shape index (κ1) is 15.4. The molecule has 1 aromatic carbocycles. The molecule has 0 saturated heterocycles. The van der Waals surface area contributed by atoms with E-state index in [9.17, 15) is 5.11 Å². The molecule has 1 aliphatic rings. The van der Waals surface area contributed by atoms with Crippen molar-refractivity contribution in [3.8, 4) is 0 Å². The summed E-state index contributed by atoms with van der Waals surface area (Å²) in [6.07, 6.45) is 5.66. The second kappa shape index (κ2) is 7.21. The Labute approximate surface area is 132 Å². The van der Waals surface area contributed by atoms with Gasteiger partial charge in [0.15, 0.2) is 0 Å². The minimum Gasteiger partial charge on any atom is -0.393 e. The van der Waals surface area contributed by atoms with Crippen LogP contribution in [0.5, 0.6) is 0 Å². The number of pyridine rings is 1. The molecule has 2 N–H and O–H groups in total. The van der Waals surface area contributed by atoms with Crippen LogP contribution in [0.3, 0.4) is 0 Å². The average Bonchev–Trinajstić information content (AvgIpc) is 2.92. The molecule has 1 saturated carbocycles. The number of hydrogen-bond acceptors (Lipinski definition) is 3. The molecular weight excluding hydrogens is 272 g/mol. The van der Waals surface area contributed by atoms with Crippen LogP contribution in [0, 0.1) is 12.8 Å². The highest BCUT2D eigenvalue weighted by atomic mass is 16.3. The molecule has 1 aromatic heterocycles. The first-order chi connectivity index (χ1) is 10.7. The normalized spacial score (nSPS) is 21.5. The Morgan fingerprint density at radius 1 is 1.23 bits per heavy atom. The van der Waals surface area contributed by atoms with Crippen LogP contribution in [0.2, 0.25) is 0 Å². The van der Waals surface area contributed by atoms with E-state index in [0.29, 0.717) is 5.92 Å². The fourth-order valence-corrected chi connectivity index (χ4v) is 3.46. The van der Waals surface area contributed by atoms with Gasteiger partial charge >= 0.3 is 0 Å². The van der Waals surface area contributed by atoms with Gasteiger partial charge in [0.2, 0.25) is 0 Å². The molecule has 1 heterocycles. The van der Waals surface area contributed by atoms with Crippen LogP contribution in [0.1, 0.15) is 43.4 Å². The second-order valence-corrected chi connectivity index (χ2v) is 6.56. The van der Waals surface area contributed by atoms with Crippen LogP contribution in [-0.2, 0) is 6.54 Å². The summed E-state index contributed by atoms with van der Waals surface area (Å²) in [6, 6.07) is 10.7. The molecule has 118 valence electrons. The van der Waals surface area contributed by atoms with Crippen molar-refractivity contribution in [2.24, 2.45) is 5.92 Å². The van der Waals surface area contributed by atoms with Gasteiger partial charge in [-0.1, -0.05) is 18.6 Å². The van der Waals surface area contributed by atoms with E-state index in [1.807, 2.05) is 6.92 Å². The number of benzene rings is 1. The average molecular weight is 298 g/mol. The minimum atomic E-state index is -0.0450. The Balaban J connectivity index is 1.44. The number of nitrogens with zero attached hydrogens (tertiary/aromatic N) is 1. The maximum absolute atomic E-state index is 9.82. The quantitative estimate of drug-likeness (QED) is 0.801. The molecule has 1 fully saturated rings. The number of aliphatic hydroxyl groups is 1. The predicted molar refractivity (Wildman–Crippen MR) is 90.8 cm³/mol. The fraction of sp³-hybridized carbons (Fsp3) is 0.526. The standard InChI is InChI=1S/C19H26N2O/c1-14-7-9-17-12-15(8-10-18(17)21-14)13-20-11-3-5-16-4-2-6-19(16)22/h7-10,12,16,19-20,22H,2-6,11,13H2,1H3. The molecular formula is C19H26N2O. The summed E-state index contributed by atoms with van der Waals surface area (Å²) in [6.45, 7) is 3.95. The SMILES string of the molecule is Cc1ccc2cc(CNCCCC3CCCC3O)ccc2n1. The molecule has 3 heteroatoms. The maximum atomic E-state index is 9.82. The van der Waals surface area contributed by atoms with E-state index in [4.69, 9.17) is 0 Å². The highest BCUT2D eigenvalue weighted by molar-refractivity contribution is 5.79. The lowest BCUT2D eigenvalue weighted by atomic mass is 10.00. The van der Waals surface area contributed by atoms with Gasteiger partial charge in [-0.15, -0.1) is 0 Å². The Morgan fingerprint density at radius 2 is 2.14 bits per heavy atom. The van der Waals surface area contributed by atoms with Crippen molar-refractivity contribution >= 4 is 10.9 Å². The van der Waals surface area contributed by atoms with Crippen molar-refractivity contribution in [1.82, 2.24) is 10.3 Å². The summed E-state index contributed by atoms with van der Waals surface area (Å²) in [4.78, 5) is 4.53. The van der Waals surface area contributed by atoms with E-state index in [2.05, 4.69) is 40.6 Å². The molecule has 3 nitrogen and oxygen atoms in total. The number of hydrogen-bond donors (Lipinski definition) is 2. The van der Waals surface area contributed by atoms with Gasteiger partial charge in [0, 0.05) is 17.6 Å². The highest BCUT2D eigenvalue weighted by Gasteiger charge is 2.24. The summed E-state index contributed by atoms with van der Waals surface area (Å²) in [5.74, 6) is 0.539. The van der Waals surface area contributed by atoms with Crippen molar-refractivity contribution < 1.29 is 5.11 Å². The highest BCUT2D eigenvalue weighted by Crippen LogP contribution is 2.28. The van der Waals surface area contributed by atoms with Gasteiger partial charge in [-0.2, -0.15) is 0 Å². The number of aromatic nitrogens is 1. The summed E-state index contributed by atoms with van der Waals surface area (Å²) in [5.41, 5.74) is 3.44. The first-order valence-corrected chi connectivity index (χ1v) is 8.47. The number of fused-ring (bicyclic) bond motifs is 1. The van der Waals surface area contributed by atoms with Gasteiger partial charge in [-0.25, -0.2) is 0 Å². The Hall–Kier alpha value is -1.45. The van der Waals surface area contributed by atoms with Crippen LogP contribution in [-0.4, -0.2) is 22.7 Å². The fourth-order valence-electron chi connectivity index (χ4n) is 3.46. The van der Waals surface area contributed by atoms with Gasteiger partial charge in [-0.05, 0) is 68.8 Å². The van der Waals surface area contributed by atoms with Gasteiger partial charge in [-0.3, -0.25) is 4.98 Å². The third-order valence-electron chi connectivity index (χ3n) is 4.77. The molecule has 2 aromatic rings. The van der Waals surface area contributed by atoms with E-state index < -0.39 is 0 Å². The van der Waals surface area contributed by atoms with Crippen LogP contribution in [0.25, 0.3) is 10.9 Å². The lowest BCUT2D eigenvalue weighted by Gasteiger charge is -2.14. The van der Waals surface area contributed by atoms with Crippen molar-refractivity contribution in [1.29, 1.82) is 0 Å². The van der Waals surface area contributed by atoms with Crippen molar-refractivity contribution in [2.75, 3.05) is 6.54 Å². The molecule has 22 heavy (non-hydrogen) atoms. The number of aryl methyl sites for hydroxylation is 1. The Kier molecular flexibility index (Phi) is 5.06. The molecule has 2 atom stereocenters. The van der Waals surface area contributed by atoms with Crippen LogP contribution in [0.15, 0.2) is 30.3 Å². The Morgan fingerprint density at radius 3 is 2.95 bits per heavy atom. The van der Waals surface area contributed by atoms with Crippen LogP contribution < -0.4 is 5.32 Å². The molecule has 0 aliphatic heterocycles. The zero-order chi connectivity index (χ0) is 15.4. The summed E-state index contributed by atoms with van der Waals surface area (Å²) in [5, 5.41) is 14.5. The lowest BCUT2D eigenvalue weighted by molar-refractivity contribution is 0.127. The zero-order valence-electron chi connectivity index (χ0n) is 13.4. The monoisotopic (exact) mass is 298 g/mol. The van der Waals surface area contributed by atoms with Gasteiger partial charge in [0.25, 0.3) is 0 Å². The number of nitrogens with one attached hydrogen (secondary N) is 1. The number of rotatable bonds is 6. The van der Waals surface area contributed by atoms with Crippen molar-refractivity contribution in [3.63, 3.8) is 0 Å². The largest absolute Gasteiger partial charge is 0.393 e. The molecule has 2 unspecified atom stereocenters. The van der Waals surface area contributed by atoms with E-state index in [1.54, 1.807) is 0 Å². The summed E-state index contributed by atoms with van der Waals surface area (Å²) >= 11 is 0. The van der Waals surface area contributed by atoms with Gasteiger partial charge < -0.3 is 10.4 Å². The predicted octanol–water partition coefficient (Wildman–Crippen LogP) is 3.57. The van der Waals surface area contributed by atoms with E-state index in [1.165, 1.54) is 23.8 Å². The van der Waals surface area contributed by atoms with Crippen molar-refractivity contribution in [3.05, 3.63) is 41.6 Å². The second-order valence-electron chi connectivity index (χ2n) is 6.56. The van der Waals surface area contributed by atoms with Crippen molar-refractivity contribution in [2.45, 2.75) is 51.7 Å². The number of aliphatic hydroxyl groups excluding tert-OH is 1. The Bertz CT molecular complexity index is 626. The molecule has 0 radical (unpaired) electrons. The zero-order valence-corrected chi connectivity index (χ0v) is 13.4. The minimum absolute atomic E-state index is 0.0450. The molecule has 0 spiro atoms. The molecule has 1 aliphatic carbocycles. The first-order valence-electron chi connectivity index (χ1n) is 8.47. The lowest BCUT2D eigenvalue weighted by Crippen LogP contribution is -2.18. The van der Waals surface area contributed by atoms with Gasteiger partial charge in [0.1, 0.15) is 0 Å². The van der Waals surface area contributed by atoms with Gasteiger partial charge in [0.05, 0.1) is 11.6 Å². The maximum Gasteiger partial charge on any atom is 0.0705 e. The van der Waals surface area contributed by atoms with E-state index in [0.717, 1.165) is 43.6 Å². The summed E-state index contributed by atoms with van der Waals surface area (Å²) < 4.78 is 0. The topological polar surface area (TPSA) is 45.1 Å². The molecule has 0 bridgehead atoms. The third-order valence-corrected chi connectivity index (χ3v) is 4.77. The molecule has 0 amide bonds. The van der Waals surface area contributed by atoms with E-state index >= 15 is 0 Å². The smallest absolute Gasteiger partial charge is 0.0705 e.